The van der Waals surface area contributed by atoms with E-state index in [1.807, 2.05) is 54.6 Å². The van der Waals surface area contributed by atoms with E-state index in [-0.39, 0.29) is 5.91 Å². The molecule has 0 aliphatic heterocycles. The summed E-state index contributed by atoms with van der Waals surface area (Å²) >= 11 is 0. The van der Waals surface area contributed by atoms with Crippen LogP contribution in [0.4, 0.5) is 11.5 Å². The van der Waals surface area contributed by atoms with Crippen LogP contribution in [0, 0.1) is 0 Å². The Bertz CT molecular complexity index is 895. The summed E-state index contributed by atoms with van der Waals surface area (Å²) in [5.74, 6) is 1.79. The van der Waals surface area contributed by atoms with Gasteiger partial charge in [0.05, 0.1) is 5.69 Å². The van der Waals surface area contributed by atoms with Crippen LogP contribution in [0.3, 0.4) is 0 Å². The fourth-order valence-electron chi connectivity index (χ4n) is 2.32. The molecule has 1 heterocycles. The first kappa shape index (κ1) is 17.2. The summed E-state index contributed by atoms with van der Waals surface area (Å²) in [7, 11) is 0. The van der Waals surface area contributed by atoms with Gasteiger partial charge in [0.15, 0.2) is 5.75 Å². The molecule has 0 bridgehead atoms. The summed E-state index contributed by atoms with van der Waals surface area (Å²) in [6, 6.07) is 20.5. The van der Waals surface area contributed by atoms with Crippen molar-refractivity contribution in [3.05, 3.63) is 91.1 Å². The molecule has 2 aromatic carbocycles. The number of hydrogen-bond donors (Lipinski definition) is 2. The lowest BCUT2D eigenvalue weighted by Gasteiger charge is -2.13. The van der Waals surface area contributed by atoms with Crippen LogP contribution in [0.25, 0.3) is 0 Å². The van der Waals surface area contributed by atoms with Gasteiger partial charge in [0.2, 0.25) is 0 Å². The number of ether oxygens (including phenoxy) is 1. The summed E-state index contributed by atoms with van der Waals surface area (Å²) in [6.45, 7) is 4.00. The number of pyridine rings is 1. The Labute approximate surface area is 152 Å². The standard InChI is InChI=1S/C21H19N3O2/c1-2-13-23-21(25)16-12-14-22-20(15-16)24-18-10-6-7-11-19(18)26-17-8-4-3-5-9-17/h2-12,14-15H,1,13H2,(H,22,24)(H,23,25). The first-order valence-corrected chi connectivity index (χ1v) is 8.20. The summed E-state index contributed by atoms with van der Waals surface area (Å²) in [5.41, 5.74) is 1.28. The fourth-order valence-corrected chi connectivity index (χ4v) is 2.32. The lowest BCUT2D eigenvalue weighted by Crippen LogP contribution is -2.23. The maximum absolute atomic E-state index is 12.1. The maximum atomic E-state index is 12.1. The molecule has 0 aliphatic rings. The Morgan fingerprint density at radius 1 is 1.08 bits per heavy atom. The minimum Gasteiger partial charge on any atom is -0.455 e. The maximum Gasteiger partial charge on any atom is 0.251 e. The molecule has 0 fully saturated rings. The van der Waals surface area contributed by atoms with E-state index in [4.69, 9.17) is 4.74 Å². The highest BCUT2D eigenvalue weighted by molar-refractivity contribution is 5.95. The van der Waals surface area contributed by atoms with E-state index in [0.29, 0.717) is 23.7 Å². The smallest absolute Gasteiger partial charge is 0.251 e. The van der Waals surface area contributed by atoms with Crippen molar-refractivity contribution in [3.8, 4) is 11.5 Å². The van der Waals surface area contributed by atoms with Gasteiger partial charge in [-0.15, -0.1) is 6.58 Å². The molecule has 0 saturated heterocycles. The van der Waals surface area contributed by atoms with Crippen LogP contribution >= 0.6 is 0 Å². The van der Waals surface area contributed by atoms with Crippen molar-refractivity contribution < 1.29 is 9.53 Å². The van der Waals surface area contributed by atoms with E-state index in [0.717, 1.165) is 11.4 Å². The van der Waals surface area contributed by atoms with Crippen LogP contribution in [-0.4, -0.2) is 17.4 Å². The summed E-state index contributed by atoms with van der Waals surface area (Å²) < 4.78 is 5.93. The Morgan fingerprint density at radius 2 is 1.85 bits per heavy atom. The molecular weight excluding hydrogens is 326 g/mol. The van der Waals surface area contributed by atoms with Crippen molar-refractivity contribution in [1.29, 1.82) is 0 Å². The van der Waals surface area contributed by atoms with Crippen LogP contribution in [0.2, 0.25) is 0 Å². The van der Waals surface area contributed by atoms with Crippen LogP contribution in [-0.2, 0) is 0 Å². The molecule has 2 N–H and O–H groups in total. The van der Waals surface area contributed by atoms with Gasteiger partial charge in [-0.25, -0.2) is 4.98 Å². The number of amides is 1. The van der Waals surface area contributed by atoms with Gasteiger partial charge in [-0.1, -0.05) is 36.4 Å². The zero-order chi connectivity index (χ0) is 18.2. The summed E-state index contributed by atoms with van der Waals surface area (Å²) in [4.78, 5) is 16.4. The van der Waals surface area contributed by atoms with Crippen molar-refractivity contribution >= 4 is 17.4 Å². The fraction of sp³-hybridized carbons (Fsp3) is 0.0476. The van der Waals surface area contributed by atoms with E-state index in [9.17, 15) is 4.79 Å². The number of carbonyl (C=O) groups excluding carboxylic acids is 1. The number of anilines is 2. The first-order valence-electron chi connectivity index (χ1n) is 8.20. The second kappa shape index (κ2) is 8.48. The van der Waals surface area contributed by atoms with Crippen LogP contribution < -0.4 is 15.4 Å². The molecule has 0 aliphatic carbocycles. The molecule has 5 heteroatoms. The van der Waals surface area contributed by atoms with Gasteiger partial charge < -0.3 is 15.4 Å². The molecule has 0 radical (unpaired) electrons. The number of hydrogen-bond acceptors (Lipinski definition) is 4. The lowest BCUT2D eigenvalue weighted by atomic mass is 10.2. The van der Waals surface area contributed by atoms with E-state index in [1.54, 1.807) is 24.4 Å². The van der Waals surface area contributed by atoms with E-state index in [1.165, 1.54) is 0 Å². The normalized spacial score (nSPS) is 10.0. The highest BCUT2D eigenvalue weighted by Gasteiger charge is 2.09. The van der Waals surface area contributed by atoms with Crippen molar-refractivity contribution in [3.63, 3.8) is 0 Å². The monoisotopic (exact) mass is 345 g/mol. The SMILES string of the molecule is C=CCNC(=O)c1ccnc(Nc2ccccc2Oc2ccccc2)c1. The topological polar surface area (TPSA) is 63.2 Å². The predicted molar refractivity (Wildman–Crippen MR) is 103 cm³/mol. The first-order chi connectivity index (χ1) is 12.8. The third kappa shape index (κ3) is 4.48. The largest absolute Gasteiger partial charge is 0.455 e. The zero-order valence-electron chi connectivity index (χ0n) is 14.2. The van der Waals surface area contributed by atoms with Crippen molar-refractivity contribution in [1.82, 2.24) is 10.3 Å². The van der Waals surface area contributed by atoms with Crippen molar-refractivity contribution in [2.24, 2.45) is 0 Å². The molecule has 5 nitrogen and oxygen atoms in total. The van der Waals surface area contributed by atoms with Crippen molar-refractivity contribution in [2.45, 2.75) is 0 Å². The van der Waals surface area contributed by atoms with E-state index in [2.05, 4.69) is 22.2 Å². The van der Waals surface area contributed by atoms with E-state index >= 15 is 0 Å². The molecule has 0 atom stereocenters. The number of para-hydroxylation sites is 3. The second-order valence-electron chi connectivity index (χ2n) is 5.46. The number of benzene rings is 2. The lowest BCUT2D eigenvalue weighted by molar-refractivity contribution is 0.0958. The minimum absolute atomic E-state index is 0.177. The molecule has 130 valence electrons. The Kier molecular flexibility index (Phi) is 5.62. The number of carbonyl (C=O) groups is 1. The minimum atomic E-state index is -0.177. The molecule has 1 aromatic heterocycles. The number of nitrogens with one attached hydrogen (secondary N) is 2. The quantitative estimate of drug-likeness (QED) is 0.617. The van der Waals surface area contributed by atoms with Gasteiger partial charge in [-0.2, -0.15) is 0 Å². The zero-order valence-corrected chi connectivity index (χ0v) is 14.2. The van der Waals surface area contributed by atoms with Gasteiger partial charge in [0.1, 0.15) is 11.6 Å². The van der Waals surface area contributed by atoms with Gasteiger partial charge in [-0.05, 0) is 36.4 Å². The Balaban J connectivity index is 1.79. The number of rotatable bonds is 7. The van der Waals surface area contributed by atoms with Gasteiger partial charge in [0, 0.05) is 18.3 Å². The molecule has 3 rings (SSSR count). The predicted octanol–water partition coefficient (Wildman–Crippen LogP) is 4.53. The summed E-state index contributed by atoms with van der Waals surface area (Å²) in [5, 5.41) is 5.95. The van der Waals surface area contributed by atoms with E-state index < -0.39 is 0 Å². The van der Waals surface area contributed by atoms with Crippen LogP contribution in [0.1, 0.15) is 10.4 Å². The Hall–Kier alpha value is -3.60. The van der Waals surface area contributed by atoms with Gasteiger partial charge in [-0.3, -0.25) is 4.79 Å². The third-order valence-corrected chi connectivity index (χ3v) is 3.55. The summed E-state index contributed by atoms with van der Waals surface area (Å²) in [6.07, 6.45) is 3.22. The number of aromatic nitrogens is 1. The van der Waals surface area contributed by atoms with Crippen molar-refractivity contribution in [2.75, 3.05) is 11.9 Å². The molecule has 0 unspecified atom stereocenters. The molecule has 1 amide bonds. The second-order valence-corrected chi connectivity index (χ2v) is 5.46. The van der Waals surface area contributed by atoms with Crippen LogP contribution in [0.15, 0.2) is 85.6 Å². The van der Waals surface area contributed by atoms with Gasteiger partial charge in [0.25, 0.3) is 5.91 Å². The number of nitrogens with zero attached hydrogens (tertiary/aromatic N) is 1. The molecule has 0 saturated carbocycles. The highest BCUT2D eigenvalue weighted by atomic mass is 16.5. The molecule has 3 aromatic rings. The molecular formula is C21H19N3O2. The van der Waals surface area contributed by atoms with Gasteiger partial charge >= 0.3 is 0 Å². The average Bonchev–Trinajstić information content (AvgIpc) is 2.69. The molecule has 26 heavy (non-hydrogen) atoms. The highest BCUT2D eigenvalue weighted by Crippen LogP contribution is 2.31. The third-order valence-electron chi connectivity index (χ3n) is 3.55. The average molecular weight is 345 g/mol. The molecule has 0 spiro atoms. The van der Waals surface area contributed by atoms with Crippen LogP contribution in [0.5, 0.6) is 11.5 Å². The Morgan fingerprint density at radius 3 is 2.65 bits per heavy atom.